The summed E-state index contributed by atoms with van der Waals surface area (Å²) in [6.07, 6.45) is 2.60. The first-order chi connectivity index (χ1) is 11.9. The van der Waals surface area contributed by atoms with Crippen LogP contribution < -0.4 is 5.32 Å². The molecule has 0 radical (unpaired) electrons. The number of thiazole rings is 1. The molecule has 1 fully saturated rings. The average molecular weight is 380 g/mol. The topological polar surface area (TPSA) is 79.4 Å². The van der Waals surface area contributed by atoms with Crippen molar-refractivity contribution in [3.63, 3.8) is 0 Å². The normalized spacial score (nSPS) is 15.4. The minimum Gasteiger partial charge on any atom is -0.321 e. The number of carbonyl (C=O) groups excluding carboxylic acids is 1. The summed E-state index contributed by atoms with van der Waals surface area (Å²) in [7, 11) is -3.43. The molecule has 1 aliphatic heterocycles. The number of aromatic nitrogens is 1. The van der Waals surface area contributed by atoms with E-state index in [-0.39, 0.29) is 10.8 Å². The molecule has 3 rings (SSSR count). The third-order valence-corrected chi connectivity index (χ3v) is 7.38. The van der Waals surface area contributed by atoms with E-state index in [0.717, 1.165) is 24.3 Å². The van der Waals surface area contributed by atoms with E-state index in [1.54, 1.807) is 24.3 Å². The Morgan fingerprint density at radius 3 is 2.44 bits per heavy atom. The molecule has 0 unspecified atom stereocenters. The van der Waals surface area contributed by atoms with Gasteiger partial charge in [0.1, 0.15) is 4.88 Å². The second kappa shape index (κ2) is 7.23. The van der Waals surface area contributed by atoms with Crippen molar-refractivity contribution in [1.29, 1.82) is 0 Å². The van der Waals surface area contributed by atoms with Gasteiger partial charge in [-0.1, -0.05) is 6.92 Å². The summed E-state index contributed by atoms with van der Waals surface area (Å²) < 4.78 is 26.5. The van der Waals surface area contributed by atoms with Crippen LogP contribution in [0.15, 0.2) is 29.2 Å². The Balaban J connectivity index is 1.74. The first-order valence-corrected chi connectivity index (χ1v) is 10.6. The van der Waals surface area contributed by atoms with Gasteiger partial charge >= 0.3 is 0 Å². The zero-order valence-electron chi connectivity index (χ0n) is 14.3. The molecule has 6 nitrogen and oxygen atoms in total. The lowest BCUT2D eigenvalue weighted by molar-refractivity contribution is 0.103. The third kappa shape index (κ3) is 3.75. The molecule has 2 heterocycles. The van der Waals surface area contributed by atoms with Crippen molar-refractivity contribution in [1.82, 2.24) is 9.29 Å². The van der Waals surface area contributed by atoms with Crippen molar-refractivity contribution >= 4 is 33.0 Å². The molecular formula is C17H21N3O3S2. The minimum absolute atomic E-state index is 0.218. The van der Waals surface area contributed by atoms with E-state index < -0.39 is 10.0 Å². The van der Waals surface area contributed by atoms with Crippen molar-refractivity contribution in [2.45, 2.75) is 38.0 Å². The smallest absolute Gasteiger partial charge is 0.267 e. The number of sulfonamides is 1. The largest absolute Gasteiger partial charge is 0.321 e. The van der Waals surface area contributed by atoms with Crippen LogP contribution in [0.25, 0.3) is 0 Å². The molecule has 1 amide bonds. The second-order valence-electron chi connectivity index (χ2n) is 5.97. The molecule has 1 aromatic heterocycles. The molecule has 0 bridgehead atoms. The quantitative estimate of drug-likeness (QED) is 0.866. The molecular weight excluding hydrogens is 358 g/mol. The number of aryl methyl sites for hydroxylation is 2. The summed E-state index contributed by atoms with van der Waals surface area (Å²) >= 11 is 1.39. The summed E-state index contributed by atoms with van der Waals surface area (Å²) in [5, 5.41) is 3.73. The van der Waals surface area contributed by atoms with Gasteiger partial charge in [0.25, 0.3) is 5.91 Å². The number of hydrogen-bond donors (Lipinski definition) is 1. The van der Waals surface area contributed by atoms with E-state index in [9.17, 15) is 13.2 Å². The van der Waals surface area contributed by atoms with Crippen LogP contribution in [0.3, 0.4) is 0 Å². The SMILES string of the molecule is CCc1nc(C)c(C(=O)Nc2ccc(S(=O)(=O)N3CCCC3)cc2)s1. The van der Waals surface area contributed by atoms with Crippen LogP contribution in [0.1, 0.15) is 40.1 Å². The molecule has 1 aliphatic rings. The molecule has 0 aliphatic carbocycles. The van der Waals surface area contributed by atoms with Crippen LogP contribution >= 0.6 is 11.3 Å². The molecule has 0 atom stereocenters. The summed E-state index contributed by atoms with van der Waals surface area (Å²) in [5.74, 6) is -0.218. The van der Waals surface area contributed by atoms with E-state index in [2.05, 4.69) is 10.3 Å². The molecule has 1 N–H and O–H groups in total. The highest BCUT2D eigenvalue weighted by atomic mass is 32.2. The van der Waals surface area contributed by atoms with Crippen molar-refractivity contribution in [3.8, 4) is 0 Å². The summed E-state index contributed by atoms with van der Waals surface area (Å²) in [4.78, 5) is 17.6. The number of benzene rings is 1. The Morgan fingerprint density at radius 2 is 1.88 bits per heavy atom. The van der Waals surface area contributed by atoms with Gasteiger partial charge < -0.3 is 5.32 Å². The Bertz CT molecular complexity index is 867. The molecule has 25 heavy (non-hydrogen) atoms. The van der Waals surface area contributed by atoms with Crippen LogP contribution in [-0.2, 0) is 16.4 Å². The van der Waals surface area contributed by atoms with Gasteiger partial charge in [-0.05, 0) is 50.5 Å². The summed E-state index contributed by atoms with van der Waals surface area (Å²) in [5.41, 5.74) is 1.28. The van der Waals surface area contributed by atoms with Gasteiger partial charge in [-0.25, -0.2) is 13.4 Å². The van der Waals surface area contributed by atoms with Crippen LogP contribution in [0.4, 0.5) is 5.69 Å². The number of carbonyl (C=O) groups is 1. The fourth-order valence-corrected chi connectivity index (χ4v) is 5.21. The van der Waals surface area contributed by atoms with Gasteiger partial charge in [-0.2, -0.15) is 4.31 Å². The standard InChI is InChI=1S/C17H21N3O3S2/c1-3-15-18-12(2)16(24-15)17(21)19-13-6-8-14(9-7-13)25(22,23)20-10-4-5-11-20/h6-9H,3-5,10-11H2,1-2H3,(H,19,21). The predicted octanol–water partition coefficient (Wildman–Crippen LogP) is 3.05. The first-order valence-electron chi connectivity index (χ1n) is 8.29. The molecule has 8 heteroatoms. The summed E-state index contributed by atoms with van der Waals surface area (Å²) in [6, 6.07) is 6.33. The summed E-state index contributed by atoms with van der Waals surface area (Å²) in [6.45, 7) is 4.96. The molecule has 2 aromatic rings. The van der Waals surface area contributed by atoms with E-state index in [4.69, 9.17) is 0 Å². The number of rotatable bonds is 5. The van der Waals surface area contributed by atoms with Crippen molar-refractivity contribution < 1.29 is 13.2 Å². The number of nitrogens with zero attached hydrogens (tertiary/aromatic N) is 2. The zero-order chi connectivity index (χ0) is 18.0. The Hall–Kier alpha value is -1.77. The lowest BCUT2D eigenvalue weighted by atomic mass is 10.3. The van der Waals surface area contributed by atoms with Crippen molar-refractivity contribution in [2.75, 3.05) is 18.4 Å². The maximum atomic E-state index is 12.5. The second-order valence-corrected chi connectivity index (χ2v) is 8.99. The highest BCUT2D eigenvalue weighted by Gasteiger charge is 2.27. The predicted molar refractivity (Wildman–Crippen MR) is 98.6 cm³/mol. The van der Waals surface area contributed by atoms with Gasteiger partial charge in [0.15, 0.2) is 0 Å². The highest BCUT2D eigenvalue weighted by molar-refractivity contribution is 7.89. The van der Waals surface area contributed by atoms with Crippen molar-refractivity contribution in [2.24, 2.45) is 0 Å². The first kappa shape index (κ1) is 18.0. The lowest BCUT2D eigenvalue weighted by Gasteiger charge is -2.15. The number of nitrogens with one attached hydrogen (secondary N) is 1. The van der Waals surface area contributed by atoms with Crippen LogP contribution in [-0.4, -0.2) is 36.7 Å². The monoisotopic (exact) mass is 379 g/mol. The van der Waals surface area contributed by atoms with Crippen LogP contribution in [0.5, 0.6) is 0 Å². The van der Waals surface area contributed by atoms with Gasteiger partial charge in [0.05, 0.1) is 15.6 Å². The van der Waals surface area contributed by atoms with Gasteiger partial charge in [0, 0.05) is 18.8 Å². The Labute approximate surface area is 151 Å². The van der Waals surface area contributed by atoms with Gasteiger partial charge in [0.2, 0.25) is 10.0 Å². The lowest BCUT2D eigenvalue weighted by Crippen LogP contribution is -2.27. The number of anilines is 1. The van der Waals surface area contributed by atoms with Crippen LogP contribution in [0.2, 0.25) is 0 Å². The van der Waals surface area contributed by atoms with Gasteiger partial charge in [-0.15, -0.1) is 11.3 Å². The fraction of sp³-hybridized carbons (Fsp3) is 0.412. The van der Waals surface area contributed by atoms with E-state index in [0.29, 0.717) is 29.3 Å². The third-order valence-electron chi connectivity index (χ3n) is 4.16. The fourth-order valence-electron chi connectivity index (χ4n) is 2.79. The molecule has 1 saturated heterocycles. The minimum atomic E-state index is -3.43. The molecule has 0 saturated carbocycles. The van der Waals surface area contributed by atoms with Crippen LogP contribution in [0, 0.1) is 6.92 Å². The Kier molecular flexibility index (Phi) is 5.21. The average Bonchev–Trinajstić information content (AvgIpc) is 3.25. The maximum Gasteiger partial charge on any atom is 0.267 e. The number of amides is 1. The maximum absolute atomic E-state index is 12.5. The molecule has 0 spiro atoms. The number of hydrogen-bond acceptors (Lipinski definition) is 5. The van der Waals surface area contributed by atoms with E-state index >= 15 is 0 Å². The molecule has 1 aromatic carbocycles. The molecule has 134 valence electrons. The van der Waals surface area contributed by atoms with Crippen molar-refractivity contribution in [3.05, 3.63) is 39.8 Å². The van der Waals surface area contributed by atoms with Gasteiger partial charge in [-0.3, -0.25) is 4.79 Å². The zero-order valence-corrected chi connectivity index (χ0v) is 15.9. The van der Waals surface area contributed by atoms with E-state index in [1.807, 2.05) is 13.8 Å². The Morgan fingerprint density at radius 1 is 1.24 bits per heavy atom. The van der Waals surface area contributed by atoms with E-state index in [1.165, 1.54) is 15.6 Å². The highest BCUT2D eigenvalue weighted by Crippen LogP contribution is 2.23.